The van der Waals surface area contributed by atoms with Gasteiger partial charge in [0.1, 0.15) is 6.29 Å². The summed E-state index contributed by atoms with van der Waals surface area (Å²) in [6.45, 7) is 7.53. The zero-order chi connectivity index (χ0) is 13.6. The Morgan fingerprint density at radius 1 is 1.39 bits per heavy atom. The topological polar surface area (TPSA) is 43.4 Å². The number of aryl methyl sites for hydroxylation is 1. The Labute approximate surface area is 107 Å². The minimum absolute atomic E-state index is 0.235. The number of hydrogen-bond donors (Lipinski definition) is 0. The molecular formula is C15H18O3. The van der Waals surface area contributed by atoms with Gasteiger partial charge in [-0.3, -0.25) is 4.79 Å². The van der Waals surface area contributed by atoms with Crippen LogP contribution in [0.3, 0.4) is 0 Å². The molecule has 0 spiro atoms. The second-order valence-electron chi connectivity index (χ2n) is 4.17. The molecule has 3 nitrogen and oxygen atoms in total. The molecule has 1 atom stereocenters. The summed E-state index contributed by atoms with van der Waals surface area (Å²) < 4.78 is 5.02. The fourth-order valence-electron chi connectivity index (χ4n) is 1.82. The summed E-state index contributed by atoms with van der Waals surface area (Å²) in [6.07, 6.45) is 2.45. The molecule has 1 rings (SSSR count). The summed E-state index contributed by atoms with van der Waals surface area (Å²) in [5.41, 5.74) is 0.438. The predicted octanol–water partition coefficient (Wildman–Crippen LogP) is 2.57. The lowest BCUT2D eigenvalue weighted by molar-refractivity contribution is -0.151. The van der Waals surface area contributed by atoms with Gasteiger partial charge in [-0.2, -0.15) is 0 Å². The van der Waals surface area contributed by atoms with Crippen molar-refractivity contribution < 1.29 is 14.3 Å². The molecule has 0 heterocycles. The maximum absolute atomic E-state index is 12.1. The van der Waals surface area contributed by atoms with Crippen LogP contribution in [0.5, 0.6) is 0 Å². The largest absolute Gasteiger partial charge is 0.465 e. The maximum Gasteiger partial charge on any atom is 0.324 e. The molecule has 18 heavy (non-hydrogen) atoms. The Morgan fingerprint density at radius 2 is 2.00 bits per heavy atom. The van der Waals surface area contributed by atoms with Crippen LogP contribution in [0.15, 0.2) is 36.9 Å². The molecule has 0 radical (unpaired) electrons. The van der Waals surface area contributed by atoms with Crippen LogP contribution in [0.25, 0.3) is 0 Å². The molecule has 0 saturated carbocycles. The van der Waals surface area contributed by atoms with Crippen molar-refractivity contribution in [3.8, 4) is 0 Å². The van der Waals surface area contributed by atoms with E-state index in [1.807, 2.05) is 19.1 Å². The molecule has 0 bridgehead atoms. The Kier molecular flexibility index (Phi) is 4.84. The van der Waals surface area contributed by atoms with Gasteiger partial charge < -0.3 is 9.53 Å². The van der Waals surface area contributed by atoms with Crippen LogP contribution in [0.2, 0.25) is 0 Å². The number of hydrogen-bond acceptors (Lipinski definition) is 3. The van der Waals surface area contributed by atoms with Gasteiger partial charge >= 0.3 is 5.97 Å². The van der Waals surface area contributed by atoms with E-state index in [9.17, 15) is 9.59 Å². The fourth-order valence-corrected chi connectivity index (χ4v) is 1.82. The lowest BCUT2D eigenvalue weighted by Crippen LogP contribution is -2.38. The van der Waals surface area contributed by atoms with E-state index in [4.69, 9.17) is 4.74 Å². The highest BCUT2D eigenvalue weighted by molar-refractivity contribution is 6.00. The van der Waals surface area contributed by atoms with Crippen molar-refractivity contribution in [1.29, 1.82) is 0 Å². The number of esters is 1. The number of allylic oxidation sites excluding steroid dienone is 1. The lowest BCUT2D eigenvalue weighted by Gasteiger charge is -2.25. The van der Waals surface area contributed by atoms with Crippen molar-refractivity contribution in [3.63, 3.8) is 0 Å². The van der Waals surface area contributed by atoms with Gasteiger partial charge in [-0.1, -0.05) is 35.9 Å². The van der Waals surface area contributed by atoms with Gasteiger partial charge in [0.15, 0.2) is 5.41 Å². The van der Waals surface area contributed by atoms with Gasteiger partial charge in [0.2, 0.25) is 0 Å². The number of carbonyl (C=O) groups excluding carboxylic acids is 2. The first kappa shape index (κ1) is 14.2. The summed E-state index contributed by atoms with van der Waals surface area (Å²) in [6, 6.07) is 7.31. The third-order valence-corrected chi connectivity index (χ3v) is 2.87. The number of benzene rings is 1. The predicted molar refractivity (Wildman–Crippen MR) is 70.4 cm³/mol. The lowest BCUT2D eigenvalue weighted by atomic mass is 9.78. The molecule has 3 heteroatoms. The van der Waals surface area contributed by atoms with Crippen LogP contribution in [-0.2, 0) is 19.7 Å². The van der Waals surface area contributed by atoms with Crippen molar-refractivity contribution >= 4 is 12.3 Å². The SMILES string of the molecule is C=CCC(C=O)(C(=O)OCC)c1ccc(C)cc1. The Bertz CT molecular complexity index is 434. The maximum atomic E-state index is 12.1. The van der Waals surface area contributed by atoms with E-state index in [1.165, 1.54) is 0 Å². The third-order valence-electron chi connectivity index (χ3n) is 2.87. The van der Waals surface area contributed by atoms with Crippen LogP contribution in [0, 0.1) is 6.92 Å². The third kappa shape index (κ3) is 2.67. The summed E-state index contributed by atoms with van der Waals surface area (Å²) in [5, 5.41) is 0. The Hall–Kier alpha value is -1.90. The fraction of sp³-hybridized carbons (Fsp3) is 0.333. The number of carbonyl (C=O) groups is 2. The monoisotopic (exact) mass is 246 g/mol. The van der Waals surface area contributed by atoms with Gasteiger partial charge in [-0.15, -0.1) is 6.58 Å². The Balaban J connectivity index is 3.25. The molecule has 0 aliphatic heterocycles. The first-order valence-electron chi connectivity index (χ1n) is 5.92. The standard InChI is InChI=1S/C15H18O3/c1-4-10-15(11-16,14(17)18-5-2)13-8-6-12(3)7-9-13/h4,6-9,11H,1,5,10H2,2-3H3. The van der Waals surface area contributed by atoms with Crippen LogP contribution >= 0.6 is 0 Å². The highest BCUT2D eigenvalue weighted by atomic mass is 16.5. The zero-order valence-corrected chi connectivity index (χ0v) is 10.8. The van der Waals surface area contributed by atoms with E-state index in [-0.39, 0.29) is 13.0 Å². The summed E-state index contributed by atoms with van der Waals surface area (Å²) in [5.74, 6) is -0.524. The van der Waals surface area contributed by atoms with E-state index in [2.05, 4.69) is 6.58 Å². The van der Waals surface area contributed by atoms with Crippen LogP contribution in [-0.4, -0.2) is 18.9 Å². The number of rotatable bonds is 6. The zero-order valence-electron chi connectivity index (χ0n) is 10.8. The van der Waals surface area contributed by atoms with E-state index in [0.29, 0.717) is 11.8 Å². The average molecular weight is 246 g/mol. The normalized spacial score (nSPS) is 13.4. The van der Waals surface area contributed by atoms with Crippen molar-refractivity contribution in [2.24, 2.45) is 0 Å². The molecular weight excluding hydrogens is 228 g/mol. The van der Waals surface area contributed by atoms with Gasteiger partial charge in [-0.25, -0.2) is 0 Å². The second kappa shape index (κ2) is 6.15. The van der Waals surface area contributed by atoms with Crippen LogP contribution in [0.1, 0.15) is 24.5 Å². The molecule has 1 aromatic rings. The average Bonchev–Trinajstić information content (AvgIpc) is 2.37. The number of aldehydes is 1. The minimum atomic E-state index is -1.27. The molecule has 0 amide bonds. The molecule has 96 valence electrons. The molecule has 1 aromatic carbocycles. The first-order chi connectivity index (χ1) is 8.60. The smallest absolute Gasteiger partial charge is 0.324 e. The molecule has 0 aliphatic carbocycles. The second-order valence-corrected chi connectivity index (χ2v) is 4.17. The van der Waals surface area contributed by atoms with Gasteiger partial charge in [0, 0.05) is 0 Å². The van der Waals surface area contributed by atoms with Crippen LogP contribution in [0.4, 0.5) is 0 Å². The summed E-state index contributed by atoms with van der Waals surface area (Å²) >= 11 is 0. The van der Waals surface area contributed by atoms with Gasteiger partial charge in [0.25, 0.3) is 0 Å². The summed E-state index contributed by atoms with van der Waals surface area (Å²) in [4.78, 5) is 23.5. The van der Waals surface area contributed by atoms with Crippen molar-refractivity contribution in [2.45, 2.75) is 25.7 Å². The highest BCUT2D eigenvalue weighted by Gasteiger charge is 2.40. The van der Waals surface area contributed by atoms with Crippen molar-refractivity contribution in [2.75, 3.05) is 6.61 Å². The first-order valence-corrected chi connectivity index (χ1v) is 5.92. The molecule has 1 unspecified atom stereocenters. The molecule has 0 N–H and O–H groups in total. The summed E-state index contributed by atoms with van der Waals surface area (Å²) in [7, 11) is 0. The molecule has 0 fully saturated rings. The molecule has 0 saturated heterocycles. The Morgan fingerprint density at radius 3 is 2.44 bits per heavy atom. The minimum Gasteiger partial charge on any atom is -0.465 e. The quantitative estimate of drug-likeness (QED) is 0.335. The highest BCUT2D eigenvalue weighted by Crippen LogP contribution is 2.28. The van der Waals surface area contributed by atoms with E-state index in [0.717, 1.165) is 5.56 Å². The van der Waals surface area contributed by atoms with E-state index in [1.54, 1.807) is 25.1 Å². The van der Waals surface area contributed by atoms with E-state index < -0.39 is 11.4 Å². The van der Waals surface area contributed by atoms with Crippen LogP contribution < -0.4 is 0 Å². The van der Waals surface area contributed by atoms with Crippen molar-refractivity contribution in [3.05, 3.63) is 48.0 Å². The van der Waals surface area contributed by atoms with Gasteiger partial charge in [0.05, 0.1) is 6.61 Å². The van der Waals surface area contributed by atoms with Gasteiger partial charge in [-0.05, 0) is 25.8 Å². The van der Waals surface area contributed by atoms with E-state index >= 15 is 0 Å². The van der Waals surface area contributed by atoms with Crippen molar-refractivity contribution in [1.82, 2.24) is 0 Å². The molecule has 0 aromatic heterocycles. The number of ether oxygens (including phenoxy) is 1. The molecule has 0 aliphatic rings.